The summed E-state index contributed by atoms with van der Waals surface area (Å²) in [5.41, 5.74) is 0.156. The first-order valence-corrected chi connectivity index (χ1v) is 17.5. The van der Waals surface area contributed by atoms with Crippen LogP contribution in [0.2, 0.25) is 36.3 Å². The third-order valence-corrected chi connectivity index (χ3v) is 16.5. The average molecular weight is 481 g/mol. The monoisotopic (exact) mass is 480 g/mol. The van der Waals surface area contributed by atoms with Crippen molar-refractivity contribution in [3.63, 3.8) is 0 Å². The summed E-state index contributed by atoms with van der Waals surface area (Å²) in [6.07, 6.45) is -0.452. The number of carbonyl (C=O) groups is 1. The lowest BCUT2D eigenvalue weighted by Gasteiger charge is -2.45. The fourth-order valence-corrected chi connectivity index (χ4v) is 5.71. The highest BCUT2D eigenvalue weighted by Gasteiger charge is 2.56. The molecule has 0 spiro atoms. The van der Waals surface area contributed by atoms with E-state index in [1.165, 1.54) is 6.92 Å². The Morgan fingerprint density at radius 3 is 2.00 bits per heavy atom. The molecule has 0 N–H and O–H groups in total. The molecule has 0 saturated carbocycles. The highest BCUT2D eigenvalue weighted by molar-refractivity contribution is 6.74. The summed E-state index contributed by atoms with van der Waals surface area (Å²) in [7, 11) is -4.20. The van der Waals surface area contributed by atoms with Crippen LogP contribution in [-0.2, 0) is 28.7 Å². The van der Waals surface area contributed by atoms with Crippen LogP contribution in [0.25, 0.3) is 0 Å². The van der Waals surface area contributed by atoms with Gasteiger partial charge in [0.15, 0.2) is 16.6 Å². The van der Waals surface area contributed by atoms with E-state index in [1.54, 1.807) is 0 Å². The van der Waals surface area contributed by atoms with Crippen molar-refractivity contribution < 1.29 is 23.1 Å². The maximum atomic E-state index is 11.8. The molecule has 1 fully saturated rings. The smallest absolute Gasteiger partial charge is 0.304 e. The van der Waals surface area contributed by atoms with Gasteiger partial charge in [0.25, 0.3) is 0 Å². The summed E-state index contributed by atoms with van der Waals surface area (Å²) in [6.45, 7) is 24.2. The van der Waals surface area contributed by atoms with Gasteiger partial charge in [0.05, 0.1) is 12.7 Å². The van der Waals surface area contributed by atoms with Gasteiger partial charge in [-0.3, -0.25) is 4.79 Å². The van der Waals surface area contributed by atoms with E-state index < -0.39 is 28.5 Å². The van der Waals surface area contributed by atoms with Crippen LogP contribution < -0.4 is 0 Å². The van der Waals surface area contributed by atoms with Gasteiger partial charge in [0.1, 0.15) is 5.60 Å². The molecule has 2 rings (SSSR count). The summed E-state index contributed by atoms with van der Waals surface area (Å²) in [5, 5.41) is 0.101. The van der Waals surface area contributed by atoms with E-state index in [4.69, 9.17) is 18.3 Å². The molecule has 0 amide bonds. The predicted molar refractivity (Wildman–Crippen MR) is 135 cm³/mol. The van der Waals surface area contributed by atoms with Crippen molar-refractivity contribution in [2.24, 2.45) is 0 Å². The van der Waals surface area contributed by atoms with Crippen molar-refractivity contribution in [3.8, 4) is 0 Å². The van der Waals surface area contributed by atoms with Crippen LogP contribution >= 0.6 is 0 Å². The number of carbonyl (C=O) groups excluding carboxylic acids is 1. The fourth-order valence-electron chi connectivity index (χ4n) is 3.35. The van der Waals surface area contributed by atoms with Crippen molar-refractivity contribution in [2.75, 3.05) is 6.61 Å². The number of ether oxygens (including phenoxy) is 2. The lowest BCUT2D eigenvalue weighted by Crippen LogP contribution is -2.53. The second-order valence-electron chi connectivity index (χ2n) is 12.1. The van der Waals surface area contributed by atoms with Gasteiger partial charge >= 0.3 is 5.97 Å². The van der Waals surface area contributed by atoms with E-state index in [0.717, 1.165) is 5.56 Å². The molecule has 5 nitrogen and oxygen atoms in total. The first-order chi connectivity index (χ1) is 14.4. The summed E-state index contributed by atoms with van der Waals surface area (Å²) in [5.74, 6) is -0.352. The van der Waals surface area contributed by atoms with E-state index in [9.17, 15) is 4.79 Å². The molecule has 7 heteroatoms. The summed E-state index contributed by atoms with van der Waals surface area (Å²) in [4.78, 5) is 11.8. The lowest BCUT2D eigenvalue weighted by molar-refractivity contribution is -0.197. The molecule has 32 heavy (non-hydrogen) atoms. The first-order valence-electron chi connectivity index (χ1n) is 11.6. The van der Waals surface area contributed by atoms with Crippen LogP contribution in [0.4, 0.5) is 0 Å². The lowest BCUT2D eigenvalue weighted by atomic mass is 9.89. The average Bonchev–Trinajstić information content (AvgIpc) is 2.95. The zero-order valence-electron chi connectivity index (χ0n) is 22.0. The van der Waals surface area contributed by atoms with Gasteiger partial charge in [0, 0.05) is 13.3 Å². The summed E-state index contributed by atoms with van der Waals surface area (Å²) >= 11 is 0. The molecule has 1 heterocycles. The molecule has 1 aliphatic heterocycles. The molecule has 1 saturated heterocycles. The van der Waals surface area contributed by atoms with Crippen molar-refractivity contribution in [3.05, 3.63) is 35.9 Å². The molecule has 0 unspecified atom stereocenters. The summed E-state index contributed by atoms with van der Waals surface area (Å²) < 4.78 is 25.8. The maximum absolute atomic E-state index is 11.8. The van der Waals surface area contributed by atoms with Gasteiger partial charge in [-0.25, -0.2) is 0 Å². The van der Waals surface area contributed by atoms with Gasteiger partial charge in [-0.1, -0.05) is 71.9 Å². The van der Waals surface area contributed by atoms with Crippen molar-refractivity contribution in [1.29, 1.82) is 0 Å². The molecule has 3 atom stereocenters. The quantitative estimate of drug-likeness (QED) is 0.325. The first kappa shape index (κ1) is 27.2. The topological polar surface area (TPSA) is 54.0 Å². The molecular formula is C25H44O5Si2. The Labute approximate surface area is 197 Å². The predicted octanol–water partition coefficient (Wildman–Crippen LogP) is 6.60. The zero-order valence-corrected chi connectivity index (χ0v) is 24.0. The van der Waals surface area contributed by atoms with E-state index >= 15 is 0 Å². The Kier molecular flexibility index (Phi) is 7.95. The molecule has 0 radical (unpaired) electrons. The number of rotatable bonds is 7. The van der Waals surface area contributed by atoms with E-state index in [2.05, 4.69) is 79.9 Å². The highest BCUT2D eigenvalue weighted by Crippen LogP contribution is 2.48. The Morgan fingerprint density at radius 1 is 1.00 bits per heavy atom. The minimum atomic E-state index is -2.14. The van der Waals surface area contributed by atoms with E-state index in [1.807, 2.05) is 18.2 Å². The zero-order chi connectivity index (χ0) is 24.6. The molecule has 0 aliphatic carbocycles. The van der Waals surface area contributed by atoms with Crippen molar-refractivity contribution >= 4 is 22.6 Å². The number of hydrogen-bond donors (Lipinski definition) is 0. The maximum Gasteiger partial charge on any atom is 0.304 e. The fraction of sp³-hybridized carbons (Fsp3) is 0.720. The van der Waals surface area contributed by atoms with Gasteiger partial charge < -0.3 is 18.3 Å². The van der Waals surface area contributed by atoms with Gasteiger partial charge in [-0.2, -0.15) is 0 Å². The SMILES string of the molecule is CC(=O)O[C@@H]1C[C@@H](O[Si](C)(C)C(C)(C)C)[C@](CO[Si](C)(C)C(C)(C)C)(c2ccccc2)O1. The second-order valence-corrected chi connectivity index (χ2v) is 21.6. The van der Waals surface area contributed by atoms with Crippen LogP contribution in [0, 0.1) is 0 Å². The molecule has 1 aromatic rings. The van der Waals surface area contributed by atoms with Crippen LogP contribution in [-0.4, -0.2) is 41.6 Å². The molecule has 182 valence electrons. The Balaban J connectivity index is 2.53. The van der Waals surface area contributed by atoms with Crippen molar-refractivity contribution in [1.82, 2.24) is 0 Å². The Hall–Kier alpha value is -0.996. The van der Waals surface area contributed by atoms with Crippen LogP contribution in [0.3, 0.4) is 0 Å². The van der Waals surface area contributed by atoms with Crippen molar-refractivity contribution in [2.45, 2.75) is 109 Å². The van der Waals surface area contributed by atoms with Gasteiger partial charge in [-0.15, -0.1) is 0 Å². The van der Waals surface area contributed by atoms with Gasteiger partial charge in [-0.05, 0) is 41.8 Å². The normalized spacial score (nSPS) is 25.1. The molecule has 0 bridgehead atoms. The third-order valence-electron chi connectivity index (χ3n) is 7.52. The third kappa shape index (κ3) is 5.92. The second kappa shape index (κ2) is 9.33. The van der Waals surface area contributed by atoms with E-state index in [0.29, 0.717) is 13.0 Å². The van der Waals surface area contributed by atoms with E-state index in [-0.39, 0.29) is 22.1 Å². The minimum Gasteiger partial charge on any atom is -0.436 e. The minimum absolute atomic E-state index is 0.0369. The summed E-state index contributed by atoms with van der Waals surface area (Å²) in [6, 6.07) is 10.1. The molecule has 0 aromatic heterocycles. The molecular weight excluding hydrogens is 436 g/mol. The molecule has 1 aromatic carbocycles. The largest absolute Gasteiger partial charge is 0.436 e. The Bertz CT molecular complexity index is 780. The highest BCUT2D eigenvalue weighted by atomic mass is 28.4. The Morgan fingerprint density at radius 2 is 1.53 bits per heavy atom. The van der Waals surface area contributed by atoms with Crippen LogP contribution in [0.1, 0.15) is 60.5 Å². The standard InChI is InChI=1S/C25H44O5Si2/c1-19(26)28-22-17-21(30-32(10,11)24(5,6)7)25(29-22,20-15-13-12-14-16-20)18-27-31(8,9)23(2,3)4/h12-16,21-22H,17-18H2,1-11H3/t21-,22+,25+/m1/s1. The molecule has 1 aliphatic rings. The van der Waals surface area contributed by atoms with Crippen LogP contribution in [0.5, 0.6) is 0 Å². The van der Waals surface area contributed by atoms with Crippen LogP contribution in [0.15, 0.2) is 30.3 Å². The van der Waals surface area contributed by atoms with Gasteiger partial charge in [0.2, 0.25) is 6.29 Å². The number of hydrogen-bond acceptors (Lipinski definition) is 5. The number of benzene rings is 1. The number of esters is 1.